The summed E-state index contributed by atoms with van der Waals surface area (Å²) >= 11 is 0. The standard InChI is InChI=1S/C29H59NO4Si3/c1-21(23(19-18-20-31)34-37(16,17)29(9,10)11)25-24(22(2)33-36(14,15)28(6,7)8)26(32)30(25)35(12,13)27(3,4)5/h21-25,31H,20H2,1-17H3/t21-,22+,23?,24+,25+/m0/s1. The van der Waals surface area contributed by atoms with Crippen molar-refractivity contribution in [2.24, 2.45) is 11.8 Å². The second-order valence-corrected chi connectivity index (χ2v) is 30.4. The molecule has 5 atom stereocenters. The number of hydrogen-bond donors (Lipinski definition) is 1. The van der Waals surface area contributed by atoms with Crippen LogP contribution in [-0.2, 0) is 13.6 Å². The number of carbonyl (C=O) groups is 1. The van der Waals surface area contributed by atoms with Gasteiger partial charge >= 0.3 is 0 Å². The normalized spacial score (nSPS) is 22.6. The maximum Gasteiger partial charge on any atom is 0.222 e. The first kappa shape index (κ1) is 34.6. The molecule has 1 rings (SSSR count). The zero-order valence-electron chi connectivity index (χ0n) is 27.2. The van der Waals surface area contributed by atoms with E-state index >= 15 is 0 Å². The van der Waals surface area contributed by atoms with Crippen LogP contribution < -0.4 is 0 Å². The van der Waals surface area contributed by atoms with Crippen LogP contribution >= 0.6 is 0 Å². The van der Waals surface area contributed by atoms with Crippen LogP contribution in [0, 0.1) is 23.7 Å². The number of aliphatic hydroxyl groups is 1. The van der Waals surface area contributed by atoms with Gasteiger partial charge in [-0.15, -0.1) is 0 Å². The predicted molar refractivity (Wildman–Crippen MR) is 165 cm³/mol. The first-order valence-electron chi connectivity index (χ1n) is 14.0. The van der Waals surface area contributed by atoms with Gasteiger partial charge in [0.25, 0.3) is 0 Å². The second-order valence-electron chi connectivity index (χ2n) is 15.8. The Bertz CT molecular complexity index is 869. The van der Waals surface area contributed by atoms with Crippen LogP contribution in [0.3, 0.4) is 0 Å². The Morgan fingerprint density at radius 2 is 1.27 bits per heavy atom. The molecule has 216 valence electrons. The highest BCUT2D eigenvalue weighted by Gasteiger charge is 2.62. The van der Waals surface area contributed by atoms with Crippen molar-refractivity contribution in [3.8, 4) is 11.8 Å². The molecule has 1 amide bonds. The molecule has 1 unspecified atom stereocenters. The van der Waals surface area contributed by atoms with Gasteiger partial charge in [-0.2, -0.15) is 0 Å². The van der Waals surface area contributed by atoms with Gasteiger partial charge in [-0.1, -0.05) is 94.2 Å². The smallest absolute Gasteiger partial charge is 0.222 e. The van der Waals surface area contributed by atoms with Crippen molar-refractivity contribution in [2.75, 3.05) is 6.61 Å². The predicted octanol–water partition coefficient (Wildman–Crippen LogP) is 7.25. The Kier molecular flexibility index (Phi) is 10.5. The molecule has 0 bridgehead atoms. The van der Waals surface area contributed by atoms with Gasteiger partial charge in [0, 0.05) is 12.0 Å². The number of nitrogens with zero attached hydrogens (tertiary/aromatic N) is 1. The maximum absolute atomic E-state index is 14.0. The molecular weight excluding hydrogens is 511 g/mol. The van der Waals surface area contributed by atoms with Gasteiger partial charge in [-0.3, -0.25) is 4.79 Å². The molecular formula is C29H59NO4Si3. The monoisotopic (exact) mass is 569 g/mol. The Morgan fingerprint density at radius 3 is 1.65 bits per heavy atom. The van der Waals surface area contributed by atoms with Crippen molar-refractivity contribution < 1.29 is 18.8 Å². The summed E-state index contributed by atoms with van der Waals surface area (Å²) in [4.78, 5) is 14.0. The molecule has 0 saturated carbocycles. The average Bonchev–Trinajstić information content (AvgIpc) is 2.65. The van der Waals surface area contributed by atoms with Crippen molar-refractivity contribution in [1.82, 2.24) is 4.57 Å². The third kappa shape index (κ3) is 7.20. The van der Waals surface area contributed by atoms with Crippen molar-refractivity contribution in [3.63, 3.8) is 0 Å². The van der Waals surface area contributed by atoms with E-state index < -0.39 is 24.9 Å². The van der Waals surface area contributed by atoms with Gasteiger partial charge in [0.1, 0.15) is 12.7 Å². The molecule has 0 aromatic heterocycles. The van der Waals surface area contributed by atoms with E-state index in [2.05, 4.69) is 132 Å². The van der Waals surface area contributed by atoms with Crippen LogP contribution in [0.4, 0.5) is 0 Å². The molecule has 1 saturated heterocycles. The Hall–Kier alpha value is -0.439. The minimum Gasteiger partial charge on any atom is -0.413 e. The first-order valence-corrected chi connectivity index (χ1v) is 22.8. The summed E-state index contributed by atoms with van der Waals surface area (Å²) in [6.45, 7) is 37.9. The SMILES string of the molecule is C[C@@H](O[Si](C)(C)C(C)(C)C)[C@H]1C(=O)N([Si](C)(C)C(C)(C)C)[C@@H]1[C@@H](C)C(C#CCO)O[Si](C)(C)C(C)(C)C. The zero-order valence-corrected chi connectivity index (χ0v) is 30.2. The van der Waals surface area contributed by atoms with Gasteiger partial charge in [0.2, 0.25) is 5.91 Å². The lowest BCUT2D eigenvalue weighted by molar-refractivity contribution is -0.159. The Balaban J connectivity index is 3.60. The van der Waals surface area contributed by atoms with Crippen LogP contribution in [0.15, 0.2) is 0 Å². The molecule has 0 radical (unpaired) electrons. The Labute approximate surface area is 232 Å². The lowest BCUT2D eigenvalue weighted by Gasteiger charge is -2.62. The largest absolute Gasteiger partial charge is 0.413 e. The summed E-state index contributed by atoms with van der Waals surface area (Å²) in [6, 6.07) is -0.0177. The minimum atomic E-state index is -2.17. The van der Waals surface area contributed by atoms with Gasteiger partial charge in [-0.05, 0) is 48.2 Å². The van der Waals surface area contributed by atoms with Crippen LogP contribution in [0.1, 0.15) is 76.2 Å². The van der Waals surface area contributed by atoms with E-state index in [0.717, 1.165) is 0 Å². The van der Waals surface area contributed by atoms with Crippen LogP contribution in [0.2, 0.25) is 54.4 Å². The molecule has 1 aliphatic rings. The van der Waals surface area contributed by atoms with Crippen LogP contribution in [0.25, 0.3) is 0 Å². The van der Waals surface area contributed by atoms with Gasteiger partial charge in [0.05, 0.1) is 12.0 Å². The fraction of sp³-hybridized carbons (Fsp3) is 0.897. The molecule has 0 aromatic carbocycles. The van der Waals surface area contributed by atoms with Crippen LogP contribution in [-0.4, -0.2) is 65.3 Å². The van der Waals surface area contributed by atoms with Gasteiger partial charge < -0.3 is 18.5 Å². The van der Waals surface area contributed by atoms with E-state index in [1.807, 2.05) is 0 Å². The van der Waals surface area contributed by atoms with Crippen molar-refractivity contribution >= 4 is 30.8 Å². The topological polar surface area (TPSA) is 59.0 Å². The van der Waals surface area contributed by atoms with Gasteiger partial charge in [-0.25, -0.2) is 0 Å². The van der Waals surface area contributed by atoms with E-state index in [1.54, 1.807) is 0 Å². The van der Waals surface area contributed by atoms with E-state index in [0.29, 0.717) is 0 Å². The summed E-state index contributed by atoms with van der Waals surface area (Å²) in [7, 11) is -6.39. The van der Waals surface area contributed by atoms with Crippen molar-refractivity contribution in [2.45, 2.75) is 149 Å². The number of amides is 1. The molecule has 5 nitrogen and oxygen atoms in total. The molecule has 1 aliphatic heterocycles. The molecule has 37 heavy (non-hydrogen) atoms. The highest BCUT2D eigenvalue weighted by molar-refractivity contribution is 6.80. The number of β-lactam (4-membered cyclic amide) rings is 1. The van der Waals surface area contributed by atoms with E-state index in [4.69, 9.17) is 8.85 Å². The Morgan fingerprint density at radius 1 is 0.838 bits per heavy atom. The summed E-state index contributed by atoms with van der Waals surface area (Å²) in [6.07, 6.45) is -0.540. The fourth-order valence-electron chi connectivity index (χ4n) is 4.38. The van der Waals surface area contributed by atoms with Crippen molar-refractivity contribution in [3.05, 3.63) is 0 Å². The lowest BCUT2D eigenvalue weighted by Crippen LogP contribution is -2.77. The molecule has 1 heterocycles. The highest BCUT2D eigenvalue weighted by Crippen LogP contribution is 2.50. The summed E-state index contributed by atoms with van der Waals surface area (Å²) in [5.41, 5.74) is 0. The van der Waals surface area contributed by atoms with Crippen LogP contribution in [0.5, 0.6) is 0 Å². The molecule has 8 heteroatoms. The number of carbonyl (C=O) groups excluding carboxylic acids is 1. The zero-order chi connectivity index (χ0) is 29.6. The van der Waals surface area contributed by atoms with E-state index in [1.165, 1.54) is 0 Å². The van der Waals surface area contributed by atoms with E-state index in [-0.39, 0.29) is 57.7 Å². The number of hydrogen-bond acceptors (Lipinski definition) is 4. The summed E-state index contributed by atoms with van der Waals surface area (Å²) < 4.78 is 15.9. The fourth-order valence-corrected chi connectivity index (χ4v) is 9.64. The summed E-state index contributed by atoms with van der Waals surface area (Å²) in [5, 5.41) is 9.65. The van der Waals surface area contributed by atoms with Gasteiger partial charge in [0.15, 0.2) is 24.9 Å². The molecule has 0 aromatic rings. The third-order valence-electron chi connectivity index (χ3n) is 9.99. The van der Waals surface area contributed by atoms with Crippen molar-refractivity contribution in [1.29, 1.82) is 0 Å². The van der Waals surface area contributed by atoms with E-state index in [9.17, 15) is 9.90 Å². The molecule has 1 fully saturated rings. The molecule has 1 N–H and O–H groups in total. The average molecular weight is 570 g/mol. The minimum absolute atomic E-state index is 0.0156. The number of rotatable bonds is 8. The molecule has 0 aliphatic carbocycles. The maximum atomic E-state index is 14.0. The highest BCUT2D eigenvalue weighted by atomic mass is 28.4. The second kappa shape index (κ2) is 11.2. The number of aliphatic hydroxyl groups excluding tert-OH is 1. The lowest BCUT2D eigenvalue weighted by atomic mass is 9.77. The first-order chi connectivity index (χ1) is 16.2. The quantitative estimate of drug-likeness (QED) is 0.190. The third-order valence-corrected chi connectivity index (χ3v) is 24.4. The summed E-state index contributed by atoms with van der Waals surface area (Å²) in [5.74, 6) is 6.13. The molecule has 0 spiro atoms.